The zero-order valence-electron chi connectivity index (χ0n) is 18.5. The van der Waals surface area contributed by atoms with E-state index < -0.39 is 11.7 Å². The molecule has 0 atom stereocenters. The topological polar surface area (TPSA) is 146 Å². The Morgan fingerprint density at radius 1 is 1.29 bits per heavy atom. The van der Waals surface area contributed by atoms with E-state index >= 15 is 0 Å². The van der Waals surface area contributed by atoms with Crippen molar-refractivity contribution in [3.8, 4) is 11.6 Å². The summed E-state index contributed by atoms with van der Waals surface area (Å²) in [6.45, 7) is 1.94. The van der Waals surface area contributed by atoms with Gasteiger partial charge in [0.15, 0.2) is 5.69 Å². The third kappa shape index (κ3) is 5.44. The van der Waals surface area contributed by atoms with Gasteiger partial charge in [-0.05, 0) is 58.7 Å². The minimum Gasteiger partial charge on any atom is -0.489 e. The number of aromatic nitrogens is 5. The van der Waals surface area contributed by atoms with Crippen molar-refractivity contribution in [3.05, 3.63) is 75.8 Å². The maximum Gasteiger partial charge on any atom is 0.293 e. The third-order valence-electron chi connectivity index (χ3n) is 4.87. The van der Waals surface area contributed by atoms with Crippen molar-refractivity contribution in [3.63, 3.8) is 0 Å². The standard InChI is InChI=1S/C22H20ClFN8O3/c1-2-4-18-19(27-31-32(18)21-20(25)29-35-30-21)22(33)28-26-11-13-7-9-14(10-8-13)34-12-15-16(23)5-3-6-17(15)24/h3,5-11H,2,4,12H2,1H3,(H2,25,29)(H,28,33)/b26-11+. The van der Waals surface area contributed by atoms with Gasteiger partial charge in [-0.3, -0.25) is 4.79 Å². The molecule has 0 aliphatic carbocycles. The largest absolute Gasteiger partial charge is 0.489 e. The van der Waals surface area contributed by atoms with E-state index in [4.69, 9.17) is 22.1 Å². The lowest BCUT2D eigenvalue weighted by Gasteiger charge is -2.09. The molecule has 0 bridgehead atoms. The molecule has 1 amide bonds. The van der Waals surface area contributed by atoms with Gasteiger partial charge in [0.05, 0.1) is 16.9 Å². The normalized spacial score (nSPS) is 11.2. The molecule has 0 spiro atoms. The molecule has 0 saturated heterocycles. The highest BCUT2D eigenvalue weighted by atomic mass is 35.5. The molecule has 35 heavy (non-hydrogen) atoms. The Labute approximate surface area is 203 Å². The average molecular weight is 499 g/mol. The van der Waals surface area contributed by atoms with E-state index in [1.807, 2.05) is 6.92 Å². The lowest BCUT2D eigenvalue weighted by molar-refractivity contribution is 0.0949. The first-order valence-corrected chi connectivity index (χ1v) is 10.9. The van der Waals surface area contributed by atoms with Gasteiger partial charge in [0.2, 0.25) is 11.6 Å². The molecule has 2 aromatic heterocycles. The minimum absolute atomic E-state index is 0.00811. The van der Waals surface area contributed by atoms with Crippen LogP contribution in [0.2, 0.25) is 5.02 Å². The van der Waals surface area contributed by atoms with E-state index in [-0.39, 0.29) is 29.5 Å². The second-order valence-corrected chi connectivity index (χ2v) is 7.68. The molecule has 11 nitrogen and oxygen atoms in total. The van der Waals surface area contributed by atoms with Crippen LogP contribution in [0.3, 0.4) is 0 Å². The summed E-state index contributed by atoms with van der Waals surface area (Å²) in [5, 5.41) is 19.4. The van der Waals surface area contributed by atoms with Gasteiger partial charge in [0.1, 0.15) is 18.2 Å². The number of ether oxygens (including phenoxy) is 1. The first-order valence-electron chi connectivity index (χ1n) is 10.5. The maximum atomic E-state index is 13.9. The van der Waals surface area contributed by atoms with Crippen LogP contribution in [0.4, 0.5) is 10.2 Å². The Hall–Kier alpha value is -4.32. The van der Waals surface area contributed by atoms with E-state index in [1.165, 1.54) is 23.0 Å². The fourth-order valence-corrected chi connectivity index (χ4v) is 3.36. The Morgan fingerprint density at radius 3 is 2.77 bits per heavy atom. The summed E-state index contributed by atoms with van der Waals surface area (Å²) >= 11 is 6.01. The molecular formula is C22H20ClFN8O3. The van der Waals surface area contributed by atoms with E-state index in [0.717, 1.165) is 6.42 Å². The Kier molecular flexibility index (Phi) is 7.31. The summed E-state index contributed by atoms with van der Waals surface area (Å²) < 4.78 is 25.4. The molecular weight excluding hydrogens is 479 g/mol. The number of amides is 1. The quantitative estimate of drug-likeness (QED) is 0.264. The summed E-state index contributed by atoms with van der Waals surface area (Å²) in [4.78, 5) is 12.6. The molecule has 0 aliphatic rings. The molecule has 0 saturated carbocycles. The summed E-state index contributed by atoms with van der Waals surface area (Å²) in [5.74, 6) is -0.273. The van der Waals surface area contributed by atoms with Gasteiger partial charge in [-0.25, -0.2) is 14.4 Å². The molecule has 0 unspecified atom stereocenters. The van der Waals surface area contributed by atoms with Gasteiger partial charge in [-0.1, -0.05) is 36.2 Å². The van der Waals surface area contributed by atoms with Gasteiger partial charge in [-0.15, -0.1) is 5.10 Å². The molecule has 13 heteroatoms. The smallest absolute Gasteiger partial charge is 0.293 e. The average Bonchev–Trinajstić information content (AvgIpc) is 3.45. The zero-order chi connectivity index (χ0) is 24.8. The number of anilines is 1. The highest BCUT2D eigenvalue weighted by Gasteiger charge is 2.23. The van der Waals surface area contributed by atoms with Crippen molar-refractivity contribution >= 4 is 29.5 Å². The predicted octanol–water partition coefficient (Wildman–Crippen LogP) is 3.32. The van der Waals surface area contributed by atoms with Crippen LogP contribution in [0.5, 0.6) is 5.75 Å². The number of hydrogen-bond donors (Lipinski definition) is 2. The van der Waals surface area contributed by atoms with Crippen molar-refractivity contribution < 1.29 is 18.6 Å². The number of hydrazone groups is 1. The highest BCUT2D eigenvalue weighted by Crippen LogP contribution is 2.22. The molecule has 0 radical (unpaired) electrons. The molecule has 180 valence electrons. The number of nitrogens with zero attached hydrogens (tertiary/aromatic N) is 6. The van der Waals surface area contributed by atoms with E-state index in [2.05, 4.69) is 35.8 Å². The number of hydrogen-bond acceptors (Lipinski definition) is 9. The van der Waals surface area contributed by atoms with E-state index in [1.54, 1.807) is 30.3 Å². The molecule has 3 N–H and O–H groups in total. The third-order valence-corrected chi connectivity index (χ3v) is 5.22. The van der Waals surface area contributed by atoms with Crippen LogP contribution in [0.15, 0.2) is 52.2 Å². The number of carbonyl (C=O) groups excluding carboxylic acids is 1. The van der Waals surface area contributed by atoms with Crippen molar-refractivity contribution in [1.82, 2.24) is 30.7 Å². The minimum atomic E-state index is -0.548. The van der Waals surface area contributed by atoms with Gasteiger partial charge < -0.3 is 10.5 Å². The Balaban J connectivity index is 1.38. The SMILES string of the molecule is CCCc1c(C(=O)N/N=C/c2ccc(OCc3c(F)cccc3Cl)cc2)nnn1-c1nonc1N. The Morgan fingerprint density at radius 2 is 2.09 bits per heavy atom. The summed E-state index contributed by atoms with van der Waals surface area (Å²) in [5.41, 5.74) is 9.72. The monoisotopic (exact) mass is 498 g/mol. The lowest BCUT2D eigenvalue weighted by atomic mass is 10.2. The molecule has 2 heterocycles. The van der Waals surface area contributed by atoms with Crippen LogP contribution >= 0.6 is 11.6 Å². The number of nitrogens with two attached hydrogens (primary N) is 1. The Bertz CT molecular complexity index is 1330. The molecule has 0 fully saturated rings. The van der Waals surface area contributed by atoms with Crippen LogP contribution in [0.1, 0.15) is 40.7 Å². The van der Waals surface area contributed by atoms with Gasteiger partial charge >= 0.3 is 0 Å². The lowest BCUT2D eigenvalue weighted by Crippen LogP contribution is -2.20. The number of nitrogen functional groups attached to an aromatic ring is 1. The number of rotatable bonds is 9. The maximum absolute atomic E-state index is 13.9. The first kappa shape index (κ1) is 23.8. The number of carbonyl (C=O) groups is 1. The number of benzene rings is 2. The predicted molar refractivity (Wildman–Crippen MR) is 125 cm³/mol. The van der Waals surface area contributed by atoms with Crippen LogP contribution in [-0.4, -0.2) is 37.4 Å². The van der Waals surface area contributed by atoms with Crippen LogP contribution in [0.25, 0.3) is 5.82 Å². The summed E-state index contributed by atoms with van der Waals surface area (Å²) in [6.07, 6.45) is 2.67. The van der Waals surface area contributed by atoms with Crippen LogP contribution < -0.4 is 15.9 Å². The second kappa shape index (κ2) is 10.7. The fourth-order valence-electron chi connectivity index (χ4n) is 3.14. The van der Waals surface area contributed by atoms with Crippen molar-refractivity contribution in [2.75, 3.05) is 5.73 Å². The van der Waals surface area contributed by atoms with Crippen molar-refractivity contribution in [2.24, 2.45) is 5.10 Å². The molecule has 2 aromatic carbocycles. The summed E-state index contributed by atoms with van der Waals surface area (Å²) in [6, 6.07) is 11.3. The van der Waals surface area contributed by atoms with Gasteiger partial charge in [0, 0.05) is 5.56 Å². The molecule has 0 aliphatic heterocycles. The number of halogens is 2. The van der Waals surface area contributed by atoms with Crippen LogP contribution in [0, 0.1) is 5.82 Å². The first-order chi connectivity index (χ1) is 17.0. The van der Waals surface area contributed by atoms with E-state index in [9.17, 15) is 9.18 Å². The van der Waals surface area contributed by atoms with Crippen molar-refractivity contribution in [1.29, 1.82) is 0 Å². The van der Waals surface area contributed by atoms with E-state index in [0.29, 0.717) is 28.5 Å². The van der Waals surface area contributed by atoms with Gasteiger partial charge in [0.25, 0.3) is 5.91 Å². The summed E-state index contributed by atoms with van der Waals surface area (Å²) in [7, 11) is 0. The highest BCUT2D eigenvalue weighted by molar-refractivity contribution is 6.31. The molecule has 4 aromatic rings. The van der Waals surface area contributed by atoms with Gasteiger partial charge in [-0.2, -0.15) is 9.78 Å². The zero-order valence-corrected chi connectivity index (χ0v) is 19.2. The number of nitrogens with one attached hydrogen (secondary N) is 1. The molecule has 4 rings (SSSR count). The fraction of sp³-hybridized carbons (Fsp3) is 0.182. The second-order valence-electron chi connectivity index (χ2n) is 7.28. The van der Waals surface area contributed by atoms with Crippen LogP contribution in [-0.2, 0) is 13.0 Å². The van der Waals surface area contributed by atoms with Crippen molar-refractivity contribution in [2.45, 2.75) is 26.4 Å².